The molecule has 134 valence electrons. The van der Waals surface area contributed by atoms with Crippen LogP contribution in [0.5, 0.6) is 0 Å². The van der Waals surface area contributed by atoms with Crippen molar-refractivity contribution in [1.82, 2.24) is 4.98 Å². The summed E-state index contributed by atoms with van der Waals surface area (Å²) < 4.78 is 38.6. The Labute approximate surface area is 152 Å². The number of benzene rings is 2. The molecule has 0 unspecified atom stereocenters. The van der Waals surface area contributed by atoms with Gasteiger partial charge < -0.3 is 10.6 Å². The molecule has 8 heteroatoms. The smallest absolute Gasteiger partial charge is 0.354 e. The second-order valence-corrected chi connectivity index (χ2v) is 6.00. The highest BCUT2D eigenvalue weighted by atomic mass is 35.5. The summed E-state index contributed by atoms with van der Waals surface area (Å²) in [6.45, 7) is 1.39. The number of alkyl halides is 3. The summed E-state index contributed by atoms with van der Waals surface area (Å²) >= 11 is 6.18. The van der Waals surface area contributed by atoms with Gasteiger partial charge in [0.05, 0.1) is 21.8 Å². The van der Waals surface area contributed by atoms with Crippen LogP contribution in [-0.2, 0) is 11.0 Å². The van der Waals surface area contributed by atoms with E-state index in [9.17, 15) is 18.0 Å². The van der Waals surface area contributed by atoms with Crippen molar-refractivity contribution in [3.63, 3.8) is 0 Å². The van der Waals surface area contributed by atoms with Gasteiger partial charge in [0.15, 0.2) is 0 Å². The van der Waals surface area contributed by atoms with Gasteiger partial charge in [0.1, 0.15) is 0 Å². The molecule has 0 aliphatic carbocycles. The highest BCUT2D eigenvalue weighted by Crippen LogP contribution is 2.35. The fourth-order valence-corrected chi connectivity index (χ4v) is 2.65. The molecular weight excluding hydrogens is 367 g/mol. The first-order chi connectivity index (χ1) is 12.2. The molecule has 3 aromatic rings. The van der Waals surface area contributed by atoms with Crippen molar-refractivity contribution in [3.05, 3.63) is 59.2 Å². The van der Waals surface area contributed by atoms with E-state index in [0.29, 0.717) is 27.5 Å². The van der Waals surface area contributed by atoms with E-state index < -0.39 is 11.7 Å². The molecule has 0 bridgehead atoms. The average Bonchev–Trinajstić information content (AvgIpc) is 2.56. The molecule has 26 heavy (non-hydrogen) atoms. The number of anilines is 3. The molecule has 0 aliphatic rings. The third kappa shape index (κ3) is 3.88. The van der Waals surface area contributed by atoms with Crippen LogP contribution >= 0.6 is 11.6 Å². The first kappa shape index (κ1) is 18.0. The zero-order valence-corrected chi connectivity index (χ0v) is 14.2. The molecular formula is C18H13ClF3N3O. The highest BCUT2D eigenvalue weighted by Gasteiger charge is 2.30. The van der Waals surface area contributed by atoms with Crippen molar-refractivity contribution in [2.75, 3.05) is 10.6 Å². The third-order valence-corrected chi connectivity index (χ3v) is 3.96. The molecule has 0 saturated heterocycles. The lowest BCUT2D eigenvalue weighted by atomic mass is 10.1. The fourth-order valence-electron chi connectivity index (χ4n) is 2.48. The van der Waals surface area contributed by atoms with Crippen LogP contribution < -0.4 is 10.6 Å². The molecule has 0 radical (unpaired) electrons. The molecule has 1 aromatic heterocycles. The van der Waals surface area contributed by atoms with Crippen LogP contribution in [0.2, 0.25) is 5.02 Å². The minimum absolute atomic E-state index is 0.207. The van der Waals surface area contributed by atoms with Gasteiger partial charge in [0.2, 0.25) is 5.91 Å². The maximum absolute atomic E-state index is 12.9. The monoisotopic (exact) mass is 379 g/mol. The Kier molecular flexibility index (Phi) is 4.73. The topological polar surface area (TPSA) is 54.0 Å². The van der Waals surface area contributed by atoms with E-state index in [1.165, 1.54) is 19.2 Å². The van der Waals surface area contributed by atoms with Gasteiger partial charge in [-0.25, -0.2) is 0 Å². The zero-order valence-electron chi connectivity index (χ0n) is 13.5. The molecule has 4 nitrogen and oxygen atoms in total. The van der Waals surface area contributed by atoms with Crippen molar-refractivity contribution >= 4 is 45.5 Å². The number of hydrogen-bond acceptors (Lipinski definition) is 3. The van der Waals surface area contributed by atoms with Crippen LogP contribution in [0.4, 0.5) is 30.2 Å². The summed E-state index contributed by atoms with van der Waals surface area (Å²) in [5.74, 6) is -0.229. The van der Waals surface area contributed by atoms with Crippen LogP contribution in [0.15, 0.2) is 48.7 Å². The van der Waals surface area contributed by atoms with Crippen molar-refractivity contribution in [2.45, 2.75) is 13.1 Å². The van der Waals surface area contributed by atoms with Gasteiger partial charge in [-0.05, 0) is 36.4 Å². The number of carbonyl (C=O) groups excluding carboxylic acids is 1. The molecule has 2 N–H and O–H groups in total. The maximum atomic E-state index is 12.9. The lowest BCUT2D eigenvalue weighted by Gasteiger charge is -2.14. The number of hydrogen-bond donors (Lipinski definition) is 2. The standard InChI is InChI=1S/C18H13ClF3N3O/c1-10(26)24-12-3-5-14(19)17(9-12)25-15-6-7-23-16-8-11(18(20,21)22)2-4-13(15)16/h2-9H,1H3,(H,23,25)(H,24,26). The molecule has 3 rings (SSSR count). The molecule has 0 spiro atoms. The lowest BCUT2D eigenvalue weighted by molar-refractivity contribution is -0.137. The Morgan fingerprint density at radius 1 is 1.08 bits per heavy atom. The summed E-state index contributed by atoms with van der Waals surface area (Å²) in [7, 11) is 0. The van der Waals surface area contributed by atoms with E-state index >= 15 is 0 Å². The lowest BCUT2D eigenvalue weighted by Crippen LogP contribution is -2.06. The number of amides is 1. The Hall–Kier alpha value is -2.80. The molecule has 1 amide bonds. The summed E-state index contributed by atoms with van der Waals surface area (Å²) in [4.78, 5) is 15.2. The third-order valence-electron chi connectivity index (χ3n) is 3.63. The average molecular weight is 380 g/mol. The molecule has 0 aliphatic heterocycles. The highest BCUT2D eigenvalue weighted by molar-refractivity contribution is 6.33. The van der Waals surface area contributed by atoms with E-state index in [0.717, 1.165) is 12.1 Å². The van der Waals surface area contributed by atoms with E-state index in [-0.39, 0.29) is 11.4 Å². The number of carbonyl (C=O) groups is 1. The van der Waals surface area contributed by atoms with Gasteiger partial charge in [0, 0.05) is 29.9 Å². The number of nitrogens with zero attached hydrogens (tertiary/aromatic N) is 1. The SMILES string of the molecule is CC(=O)Nc1ccc(Cl)c(Nc2ccnc3cc(C(F)(F)F)ccc23)c1. The normalized spacial score (nSPS) is 11.4. The Bertz CT molecular complexity index is 989. The molecule has 2 aromatic carbocycles. The summed E-state index contributed by atoms with van der Waals surface area (Å²) in [6, 6.07) is 9.89. The molecule has 0 fully saturated rings. The minimum atomic E-state index is -4.44. The van der Waals surface area contributed by atoms with Gasteiger partial charge in [-0.3, -0.25) is 9.78 Å². The van der Waals surface area contributed by atoms with Crippen molar-refractivity contribution in [2.24, 2.45) is 0 Å². The number of nitrogens with one attached hydrogen (secondary N) is 2. The first-order valence-corrected chi connectivity index (χ1v) is 7.92. The molecule has 1 heterocycles. The van der Waals surface area contributed by atoms with Gasteiger partial charge in [-0.1, -0.05) is 17.7 Å². The van der Waals surface area contributed by atoms with Gasteiger partial charge >= 0.3 is 6.18 Å². The first-order valence-electron chi connectivity index (χ1n) is 7.54. The van der Waals surface area contributed by atoms with Crippen LogP contribution in [0, 0.1) is 0 Å². The second kappa shape index (κ2) is 6.84. The number of fused-ring (bicyclic) bond motifs is 1. The number of halogens is 4. The summed E-state index contributed by atoms with van der Waals surface area (Å²) in [5, 5.41) is 6.64. The predicted octanol–water partition coefficient (Wildman–Crippen LogP) is 5.61. The predicted molar refractivity (Wildman–Crippen MR) is 95.8 cm³/mol. The van der Waals surface area contributed by atoms with Gasteiger partial charge in [0.25, 0.3) is 0 Å². The number of rotatable bonds is 3. The van der Waals surface area contributed by atoms with Crippen molar-refractivity contribution in [3.8, 4) is 0 Å². The van der Waals surface area contributed by atoms with Gasteiger partial charge in [-0.15, -0.1) is 0 Å². The maximum Gasteiger partial charge on any atom is 0.416 e. The van der Waals surface area contributed by atoms with Crippen molar-refractivity contribution < 1.29 is 18.0 Å². The second-order valence-electron chi connectivity index (χ2n) is 5.59. The Morgan fingerprint density at radius 2 is 1.85 bits per heavy atom. The molecule has 0 saturated carbocycles. The molecule has 0 atom stereocenters. The van der Waals surface area contributed by atoms with Crippen LogP contribution in [0.3, 0.4) is 0 Å². The van der Waals surface area contributed by atoms with E-state index in [1.807, 2.05) is 0 Å². The van der Waals surface area contributed by atoms with E-state index in [4.69, 9.17) is 11.6 Å². The van der Waals surface area contributed by atoms with Crippen LogP contribution in [0.1, 0.15) is 12.5 Å². The van der Waals surface area contributed by atoms with Crippen LogP contribution in [-0.4, -0.2) is 10.9 Å². The fraction of sp³-hybridized carbons (Fsp3) is 0.111. The summed E-state index contributed by atoms with van der Waals surface area (Å²) in [6.07, 6.45) is -3.02. The zero-order chi connectivity index (χ0) is 18.9. The largest absolute Gasteiger partial charge is 0.416 e. The van der Waals surface area contributed by atoms with Gasteiger partial charge in [-0.2, -0.15) is 13.2 Å². The van der Waals surface area contributed by atoms with Crippen LogP contribution in [0.25, 0.3) is 10.9 Å². The number of pyridine rings is 1. The summed E-state index contributed by atoms with van der Waals surface area (Å²) in [5.41, 5.74) is 1.04. The van der Waals surface area contributed by atoms with E-state index in [2.05, 4.69) is 15.6 Å². The minimum Gasteiger partial charge on any atom is -0.354 e. The Balaban J connectivity index is 2.00. The number of aromatic nitrogens is 1. The Morgan fingerprint density at radius 3 is 2.54 bits per heavy atom. The quantitative estimate of drug-likeness (QED) is 0.622. The van der Waals surface area contributed by atoms with Crippen molar-refractivity contribution in [1.29, 1.82) is 0 Å². The van der Waals surface area contributed by atoms with E-state index in [1.54, 1.807) is 24.3 Å².